The zero-order valence-corrected chi connectivity index (χ0v) is 33.3. The maximum absolute atomic E-state index is 15.6. The third-order valence-corrected chi connectivity index (χ3v) is 10.2. The molecule has 0 spiro atoms. The predicted octanol–water partition coefficient (Wildman–Crippen LogP) is 4.74. The van der Waals surface area contributed by atoms with Crippen LogP contribution >= 0.6 is 11.6 Å². The molecule has 57 heavy (non-hydrogen) atoms. The molecule has 2 N–H and O–H groups in total. The Morgan fingerprint density at radius 2 is 1.67 bits per heavy atom. The minimum Gasteiger partial charge on any atom is -0.444 e. The Balaban J connectivity index is 1.08. The standard InChI is InChI=1S/C39H45ClF2N8O7/c1-22-28(21-49(45-22)15-16-56-6)25-9-10-27(33(42)32(25)41)31-19-43-34(46(31)5)35(52)44-23-7-8-26(29(40)17-23)36(53)47-11-13-48(14-12-47)37(54)30-18-24(51)20-50(30)38(55)57-39(2,3)4/h7-10,17,19,21,24,30,51H,11-16,18,20H2,1-6H3,(H,44,52)/t24-,30+/m1/s1. The van der Waals surface area contributed by atoms with Crippen molar-refractivity contribution >= 4 is 41.1 Å². The molecule has 18 heteroatoms. The van der Waals surface area contributed by atoms with Gasteiger partial charge in [0.05, 0.1) is 54.0 Å². The quantitative estimate of drug-likeness (QED) is 0.243. The summed E-state index contributed by atoms with van der Waals surface area (Å²) in [6, 6.07) is 6.40. The third-order valence-electron chi connectivity index (χ3n) is 9.84. The van der Waals surface area contributed by atoms with Crippen molar-refractivity contribution in [1.82, 2.24) is 34.0 Å². The molecule has 2 aliphatic rings. The van der Waals surface area contributed by atoms with Crippen LogP contribution in [0.1, 0.15) is 53.9 Å². The van der Waals surface area contributed by atoms with Gasteiger partial charge in [-0.2, -0.15) is 5.10 Å². The highest BCUT2D eigenvalue weighted by Gasteiger charge is 2.43. The molecule has 0 aliphatic carbocycles. The molecule has 304 valence electrons. The molecule has 0 saturated carbocycles. The molecule has 15 nitrogen and oxygen atoms in total. The number of likely N-dealkylation sites (tertiary alicyclic amines) is 1. The highest BCUT2D eigenvalue weighted by atomic mass is 35.5. The molecular formula is C39H45ClF2N8O7. The molecule has 2 fully saturated rings. The molecule has 4 amide bonds. The van der Waals surface area contributed by atoms with E-state index in [1.807, 2.05) is 0 Å². The van der Waals surface area contributed by atoms with Gasteiger partial charge in [0.15, 0.2) is 17.5 Å². The third kappa shape index (κ3) is 8.79. The molecule has 4 aromatic rings. The lowest BCUT2D eigenvalue weighted by Gasteiger charge is -2.37. The zero-order chi connectivity index (χ0) is 41.3. The number of methoxy groups -OCH3 is 1. The van der Waals surface area contributed by atoms with Crippen LogP contribution in [0.4, 0.5) is 19.3 Å². The van der Waals surface area contributed by atoms with Gasteiger partial charge in [0, 0.05) is 75.3 Å². The molecule has 0 radical (unpaired) electrons. The van der Waals surface area contributed by atoms with Crippen LogP contribution < -0.4 is 5.32 Å². The van der Waals surface area contributed by atoms with Crippen LogP contribution in [0.2, 0.25) is 5.02 Å². The summed E-state index contributed by atoms with van der Waals surface area (Å²) >= 11 is 6.54. The van der Waals surface area contributed by atoms with Gasteiger partial charge in [-0.15, -0.1) is 0 Å². The summed E-state index contributed by atoms with van der Waals surface area (Å²) in [5.41, 5.74) is 0.759. The van der Waals surface area contributed by atoms with Crippen LogP contribution in [0.5, 0.6) is 0 Å². The van der Waals surface area contributed by atoms with E-state index in [1.165, 1.54) is 53.0 Å². The maximum Gasteiger partial charge on any atom is 0.411 e. The average Bonchev–Trinajstić information content (AvgIpc) is 3.86. The average molecular weight is 811 g/mol. The van der Waals surface area contributed by atoms with E-state index in [1.54, 1.807) is 55.5 Å². The van der Waals surface area contributed by atoms with E-state index < -0.39 is 41.4 Å². The van der Waals surface area contributed by atoms with Crippen molar-refractivity contribution in [3.63, 3.8) is 0 Å². The number of nitrogens with one attached hydrogen (secondary N) is 1. The van der Waals surface area contributed by atoms with Gasteiger partial charge < -0.3 is 34.3 Å². The number of aliphatic hydroxyl groups excluding tert-OH is 1. The second kappa shape index (κ2) is 16.6. The number of halogens is 3. The van der Waals surface area contributed by atoms with Gasteiger partial charge in [0.25, 0.3) is 11.8 Å². The number of carbonyl (C=O) groups is 4. The Bertz CT molecular complexity index is 2190. The van der Waals surface area contributed by atoms with Gasteiger partial charge >= 0.3 is 6.09 Å². The second-order valence-corrected chi connectivity index (χ2v) is 15.4. The number of β-amino-alcohol motifs (C(OH)–C–C–N with tert-alkyl or cyclic N) is 1. The lowest BCUT2D eigenvalue weighted by Crippen LogP contribution is -2.55. The normalized spacial score (nSPS) is 17.3. The maximum atomic E-state index is 15.6. The van der Waals surface area contributed by atoms with Crippen molar-refractivity contribution in [2.75, 3.05) is 51.8 Å². The van der Waals surface area contributed by atoms with Crippen LogP contribution in [0, 0.1) is 18.6 Å². The zero-order valence-electron chi connectivity index (χ0n) is 32.5. The fourth-order valence-electron chi connectivity index (χ4n) is 6.94. The molecule has 6 rings (SSSR count). The summed E-state index contributed by atoms with van der Waals surface area (Å²) in [6.45, 7) is 8.53. The van der Waals surface area contributed by atoms with Gasteiger partial charge in [0.1, 0.15) is 11.6 Å². The Labute approximate surface area is 333 Å². The van der Waals surface area contributed by atoms with Gasteiger partial charge in [-0.05, 0) is 52.0 Å². The predicted molar refractivity (Wildman–Crippen MR) is 206 cm³/mol. The SMILES string of the molecule is COCCn1cc(-c2ccc(-c3cnc(C(=O)Nc4ccc(C(=O)N5CCN(C(=O)[C@@H]6C[C@@H](O)CN6C(=O)OC(C)(C)C)CC5)c(Cl)c4)n3C)c(F)c2F)c(C)n1. The summed E-state index contributed by atoms with van der Waals surface area (Å²) < 4.78 is 44.5. The first-order chi connectivity index (χ1) is 27.0. The van der Waals surface area contributed by atoms with Crippen molar-refractivity contribution in [1.29, 1.82) is 0 Å². The highest BCUT2D eigenvalue weighted by Crippen LogP contribution is 2.33. The van der Waals surface area contributed by atoms with Crippen molar-refractivity contribution < 1.29 is 42.5 Å². The topological polar surface area (TPSA) is 164 Å². The number of imidazole rings is 1. The van der Waals surface area contributed by atoms with Crippen LogP contribution in [-0.4, -0.2) is 127 Å². The molecular weight excluding hydrogens is 766 g/mol. The van der Waals surface area contributed by atoms with Gasteiger partial charge in [-0.25, -0.2) is 18.6 Å². The fraction of sp³-hybridized carbons (Fsp3) is 0.436. The number of carbonyl (C=O) groups excluding carboxylic acids is 4. The highest BCUT2D eigenvalue weighted by molar-refractivity contribution is 6.34. The lowest BCUT2D eigenvalue weighted by molar-refractivity contribution is -0.137. The first-order valence-electron chi connectivity index (χ1n) is 18.4. The van der Waals surface area contributed by atoms with Crippen molar-refractivity contribution in [2.24, 2.45) is 7.05 Å². The number of ether oxygens (including phenoxy) is 2. The molecule has 2 aromatic heterocycles. The number of nitrogens with zero attached hydrogens (tertiary/aromatic N) is 7. The lowest BCUT2D eigenvalue weighted by atomic mass is 10.0. The molecule has 2 aromatic carbocycles. The van der Waals surface area contributed by atoms with Crippen LogP contribution in [0.25, 0.3) is 22.4 Å². The van der Waals surface area contributed by atoms with E-state index in [2.05, 4.69) is 15.4 Å². The first kappa shape index (κ1) is 41.2. The number of anilines is 1. The number of hydrogen-bond donors (Lipinski definition) is 2. The molecule has 0 bridgehead atoms. The minimum absolute atomic E-state index is 0.0115. The van der Waals surface area contributed by atoms with Gasteiger partial charge in [-0.3, -0.25) is 24.0 Å². The summed E-state index contributed by atoms with van der Waals surface area (Å²) in [7, 11) is 3.06. The molecule has 2 atom stereocenters. The second-order valence-electron chi connectivity index (χ2n) is 15.0. The Kier molecular flexibility index (Phi) is 12.0. The number of benzene rings is 2. The number of aliphatic hydroxyl groups is 1. The summed E-state index contributed by atoms with van der Waals surface area (Å²) in [5.74, 6) is -3.62. The van der Waals surface area contributed by atoms with Crippen molar-refractivity contribution in [2.45, 2.75) is 58.4 Å². The number of rotatable bonds is 9. The number of aromatic nitrogens is 4. The molecule has 4 heterocycles. The van der Waals surface area contributed by atoms with E-state index in [0.29, 0.717) is 24.4 Å². The van der Waals surface area contributed by atoms with E-state index in [0.717, 1.165) is 0 Å². The Morgan fingerprint density at radius 1 is 1.00 bits per heavy atom. The van der Waals surface area contributed by atoms with Crippen LogP contribution in [-0.2, 0) is 27.9 Å². The smallest absolute Gasteiger partial charge is 0.411 e. The van der Waals surface area contributed by atoms with Crippen molar-refractivity contribution in [3.8, 4) is 22.4 Å². The van der Waals surface area contributed by atoms with Crippen molar-refractivity contribution in [3.05, 3.63) is 76.5 Å². The summed E-state index contributed by atoms with van der Waals surface area (Å²) in [5, 5.41) is 17.4. The minimum atomic E-state index is -1.11. The monoisotopic (exact) mass is 810 g/mol. The van der Waals surface area contributed by atoms with Crippen LogP contribution in [0.3, 0.4) is 0 Å². The Morgan fingerprint density at radius 3 is 2.33 bits per heavy atom. The molecule has 0 unspecified atom stereocenters. The van der Waals surface area contributed by atoms with E-state index in [4.69, 9.17) is 21.1 Å². The summed E-state index contributed by atoms with van der Waals surface area (Å²) in [4.78, 5) is 61.5. The first-order valence-corrected chi connectivity index (χ1v) is 18.7. The fourth-order valence-corrected chi connectivity index (χ4v) is 7.20. The number of aryl methyl sites for hydroxylation is 1. The van der Waals surface area contributed by atoms with Gasteiger partial charge in [0.2, 0.25) is 5.91 Å². The number of hydrogen-bond acceptors (Lipinski definition) is 9. The Hall–Kier alpha value is -5.39. The number of piperazine rings is 1. The van der Waals surface area contributed by atoms with Gasteiger partial charge in [-0.1, -0.05) is 17.7 Å². The number of amides is 4. The van der Waals surface area contributed by atoms with Crippen LogP contribution in [0.15, 0.2) is 42.7 Å². The largest absolute Gasteiger partial charge is 0.444 e. The van der Waals surface area contributed by atoms with E-state index in [9.17, 15) is 24.3 Å². The van der Waals surface area contributed by atoms with E-state index in [-0.39, 0.29) is 89.9 Å². The summed E-state index contributed by atoms with van der Waals surface area (Å²) in [6.07, 6.45) is 1.47. The molecule has 2 aliphatic heterocycles. The van der Waals surface area contributed by atoms with E-state index >= 15 is 8.78 Å². The molecule has 2 saturated heterocycles.